The van der Waals surface area contributed by atoms with Crippen LogP contribution in [0.3, 0.4) is 0 Å². The first kappa shape index (κ1) is 16.1. The fraction of sp³-hybridized carbons (Fsp3) is 0.533. The first-order valence-corrected chi connectivity index (χ1v) is 8.16. The molecule has 5 nitrogen and oxygen atoms in total. The predicted molar refractivity (Wildman–Crippen MR) is 87.1 cm³/mol. The van der Waals surface area contributed by atoms with Gasteiger partial charge in [0.25, 0.3) is 0 Å². The van der Waals surface area contributed by atoms with Crippen molar-refractivity contribution >= 4 is 15.9 Å². The van der Waals surface area contributed by atoms with E-state index in [1.165, 1.54) is 5.69 Å². The van der Waals surface area contributed by atoms with Gasteiger partial charge in [0.05, 0.1) is 15.9 Å². The molecule has 0 spiro atoms. The summed E-state index contributed by atoms with van der Waals surface area (Å²) in [5, 5.41) is 8.15. The van der Waals surface area contributed by atoms with E-state index in [0.29, 0.717) is 0 Å². The molecule has 0 saturated carbocycles. The van der Waals surface area contributed by atoms with Crippen molar-refractivity contribution in [3.8, 4) is 0 Å². The Labute approximate surface area is 134 Å². The van der Waals surface area contributed by atoms with Crippen molar-refractivity contribution in [1.82, 2.24) is 25.1 Å². The Morgan fingerprint density at radius 1 is 1.29 bits per heavy atom. The van der Waals surface area contributed by atoms with E-state index in [1.807, 2.05) is 19.3 Å². The van der Waals surface area contributed by atoms with Crippen molar-refractivity contribution < 1.29 is 0 Å². The van der Waals surface area contributed by atoms with Crippen LogP contribution in [0.2, 0.25) is 0 Å². The quantitative estimate of drug-likeness (QED) is 0.832. The molecule has 2 aromatic heterocycles. The van der Waals surface area contributed by atoms with Crippen molar-refractivity contribution in [3.05, 3.63) is 40.1 Å². The molecule has 1 unspecified atom stereocenters. The lowest BCUT2D eigenvalue weighted by atomic mass is 10.0. The van der Waals surface area contributed by atoms with Gasteiger partial charge in [-0.1, -0.05) is 6.92 Å². The SMILES string of the molecule is CCCNC(Cc1c(Br)c(C)nn1CC)c1cncnc1. The highest BCUT2D eigenvalue weighted by atomic mass is 79.9. The number of halogens is 1. The van der Waals surface area contributed by atoms with E-state index < -0.39 is 0 Å². The predicted octanol–water partition coefficient (Wildman–Crippen LogP) is 3.05. The third-order valence-electron chi connectivity index (χ3n) is 3.47. The third kappa shape index (κ3) is 3.89. The summed E-state index contributed by atoms with van der Waals surface area (Å²) >= 11 is 3.67. The molecule has 1 N–H and O–H groups in total. The molecule has 0 amide bonds. The topological polar surface area (TPSA) is 55.6 Å². The second-order valence-corrected chi connectivity index (χ2v) is 5.84. The molecule has 0 aliphatic heterocycles. The zero-order valence-corrected chi connectivity index (χ0v) is 14.4. The Bertz CT molecular complexity index is 567. The Balaban J connectivity index is 2.27. The van der Waals surface area contributed by atoms with Gasteiger partial charge < -0.3 is 5.32 Å². The number of aryl methyl sites for hydroxylation is 2. The van der Waals surface area contributed by atoms with Crippen LogP contribution in [-0.4, -0.2) is 26.3 Å². The second kappa shape index (κ2) is 7.66. The summed E-state index contributed by atoms with van der Waals surface area (Å²) in [7, 11) is 0. The largest absolute Gasteiger partial charge is 0.310 e. The van der Waals surface area contributed by atoms with E-state index in [9.17, 15) is 0 Å². The van der Waals surface area contributed by atoms with Gasteiger partial charge in [-0.2, -0.15) is 5.10 Å². The molecule has 21 heavy (non-hydrogen) atoms. The molecule has 2 rings (SSSR count). The molecule has 2 aromatic rings. The summed E-state index contributed by atoms with van der Waals surface area (Å²) in [4.78, 5) is 8.28. The standard InChI is InChI=1S/C15H22BrN5/c1-4-6-19-13(12-8-17-10-18-9-12)7-14-15(16)11(3)20-21(14)5-2/h8-10,13,19H,4-7H2,1-3H3. The van der Waals surface area contributed by atoms with Crippen LogP contribution < -0.4 is 5.32 Å². The zero-order chi connectivity index (χ0) is 15.2. The summed E-state index contributed by atoms with van der Waals surface area (Å²) in [6, 6.07) is 0.198. The minimum Gasteiger partial charge on any atom is -0.310 e. The maximum absolute atomic E-state index is 4.57. The minimum atomic E-state index is 0.198. The molecule has 0 aliphatic rings. The Morgan fingerprint density at radius 2 is 2.00 bits per heavy atom. The minimum absolute atomic E-state index is 0.198. The number of hydrogen-bond acceptors (Lipinski definition) is 4. The van der Waals surface area contributed by atoms with Crippen LogP contribution in [0.1, 0.15) is 43.3 Å². The van der Waals surface area contributed by atoms with Crippen LogP contribution in [0.5, 0.6) is 0 Å². The molecule has 0 aromatic carbocycles. The maximum atomic E-state index is 4.57. The highest BCUT2D eigenvalue weighted by molar-refractivity contribution is 9.10. The molecule has 114 valence electrons. The number of aromatic nitrogens is 4. The monoisotopic (exact) mass is 351 g/mol. The van der Waals surface area contributed by atoms with Gasteiger partial charge in [-0.3, -0.25) is 4.68 Å². The molecule has 0 fully saturated rings. The second-order valence-electron chi connectivity index (χ2n) is 5.04. The van der Waals surface area contributed by atoms with Gasteiger partial charge in [-0.15, -0.1) is 0 Å². The van der Waals surface area contributed by atoms with Gasteiger partial charge >= 0.3 is 0 Å². The zero-order valence-electron chi connectivity index (χ0n) is 12.8. The number of hydrogen-bond donors (Lipinski definition) is 1. The lowest BCUT2D eigenvalue weighted by molar-refractivity contribution is 0.499. The Morgan fingerprint density at radius 3 is 2.62 bits per heavy atom. The van der Waals surface area contributed by atoms with Crippen molar-refractivity contribution in [2.45, 2.75) is 46.2 Å². The molecule has 0 saturated heterocycles. The Kier molecular flexibility index (Phi) is 5.87. The molecule has 2 heterocycles. The van der Waals surface area contributed by atoms with Crippen LogP contribution >= 0.6 is 15.9 Å². The summed E-state index contributed by atoms with van der Waals surface area (Å²) in [6.45, 7) is 8.15. The molecule has 1 atom stereocenters. The number of nitrogens with zero attached hydrogens (tertiary/aromatic N) is 4. The maximum Gasteiger partial charge on any atom is 0.115 e. The van der Waals surface area contributed by atoms with Gasteiger partial charge in [0, 0.05) is 37.0 Å². The van der Waals surface area contributed by atoms with Gasteiger partial charge in [0.1, 0.15) is 6.33 Å². The number of nitrogens with one attached hydrogen (secondary N) is 1. The molecule has 6 heteroatoms. The van der Waals surface area contributed by atoms with Gasteiger partial charge in [-0.05, 0) is 42.7 Å². The van der Waals surface area contributed by atoms with E-state index in [-0.39, 0.29) is 6.04 Å². The highest BCUT2D eigenvalue weighted by Gasteiger charge is 2.19. The highest BCUT2D eigenvalue weighted by Crippen LogP contribution is 2.26. The first-order chi connectivity index (χ1) is 10.2. The molecule has 0 radical (unpaired) electrons. The van der Waals surface area contributed by atoms with Crippen LogP contribution in [0.15, 0.2) is 23.2 Å². The summed E-state index contributed by atoms with van der Waals surface area (Å²) in [5.74, 6) is 0. The van der Waals surface area contributed by atoms with Crippen LogP contribution in [-0.2, 0) is 13.0 Å². The van der Waals surface area contributed by atoms with Gasteiger partial charge in [0.2, 0.25) is 0 Å². The van der Waals surface area contributed by atoms with Crippen LogP contribution in [0.4, 0.5) is 0 Å². The molecular weight excluding hydrogens is 330 g/mol. The van der Waals surface area contributed by atoms with Crippen LogP contribution in [0, 0.1) is 6.92 Å². The van der Waals surface area contributed by atoms with Gasteiger partial charge in [0.15, 0.2) is 0 Å². The Hall–Kier alpha value is -1.27. The molecule has 0 bridgehead atoms. The first-order valence-electron chi connectivity index (χ1n) is 7.37. The average Bonchev–Trinajstić information content (AvgIpc) is 2.79. The normalized spacial score (nSPS) is 12.6. The van der Waals surface area contributed by atoms with E-state index in [2.05, 4.69) is 54.8 Å². The smallest absolute Gasteiger partial charge is 0.115 e. The average molecular weight is 352 g/mol. The van der Waals surface area contributed by atoms with E-state index in [4.69, 9.17) is 0 Å². The van der Waals surface area contributed by atoms with E-state index >= 15 is 0 Å². The fourth-order valence-electron chi connectivity index (χ4n) is 2.37. The van der Waals surface area contributed by atoms with E-state index in [0.717, 1.165) is 41.7 Å². The van der Waals surface area contributed by atoms with E-state index in [1.54, 1.807) is 6.33 Å². The number of rotatable bonds is 7. The lowest BCUT2D eigenvalue weighted by Crippen LogP contribution is -2.25. The summed E-state index contributed by atoms with van der Waals surface area (Å²) in [5.41, 5.74) is 3.36. The van der Waals surface area contributed by atoms with Crippen molar-refractivity contribution in [1.29, 1.82) is 0 Å². The molecular formula is C15H22BrN5. The summed E-state index contributed by atoms with van der Waals surface area (Å²) < 4.78 is 3.16. The van der Waals surface area contributed by atoms with Crippen molar-refractivity contribution in [2.24, 2.45) is 0 Å². The van der Waals surface area contributed by atoms with Crippen LogP contribution in [0.25, 0.3) is 0 Å². The lowest BCUT2D eigenvalue weighted by Gasteiger charge is -2.19. The van der Waals surface area contributed by atoms with Crippen molar-refractivity contribution in [2.75, 3.05) is 6.54 Å². The fourth-order valence-corrected chi connectivity index (χ4v) is 2.82. The summed E-state index contributed by atoms with van der Waals surface area (Å²) in [6.07, 6.45) is 7.29. The van der Waals surface area contributed by atoms with Crippen molar-refractivity contribution in [3.63, 3.8) is 0 Å². The third-order valence-corrected chi connectivity index (χ3v) is 4.51. The molecule has 0 aliphatic carbocycles. The van der Waals surface area contributed by atoms with Gasteiger partial charge in [-0.25, -0.2) is 9.97 Å².